The number of methoxy groups -OCH3 is 1. The quantitative estimate of drug-likeness (QED) is 0.807. The molecule has 2 N–H and O–H groups in total. The smallest absolute Gasteiger partial charge is 0.228 e. The maximum absolute atomic E-state index is 12.4. The number of ether oxygens (including phenoxy) is 1. The predicted molar refractivity (Wildman–Crippen MR) is 86.1 cm³/mol. The van der Waals surface area contributed by atoms with E-state index in [0.29, 0.717) is 13.2 Å². The molecule has 0 bridgehead atoms. The lowest BCUT2D eigenvalue weighted by Gasteiger charge is -2.35. The molecule has 1 amide bonds. The topological polar surface area (TPSA) is 68.2 Å². The van der Waals surface area contributed by atoms with Crippen molar-refractivity contribution in [2.75, 3.05) is 33.4 Å². The monoisotopic (exact) mass is 338 g/mol. The fourth-order valence-electron chi connectivity index (χ4n) is 2.52. The summed E-state index contributed by atoms with van der Waals surface area (Å²) in [6.45, 7) is 3.60. The van der Waals surface area contributed by atoms with E-state index in [-0.39, 0.29) is 36.1 Å². The zero-order valence-electron chi connectivity index (χ0n) is 12.2. The molecule has 1 aliphatic rings. The molecule has 21 heavy (non-hydrogen) atoms. The van der Waals surface area contributed by atoms with Gasteiger partial charge in [0.25, 0.3) is 0 Å². The van der Waals surface area contributed by atoms with E-state index in [1.807, 2.05) is 10.8 Å². The SMILES string of the molecule is COCC1(C(=O)NCCn2ccnc2)CCNCC1.Cl.Cl. The van der Waals surface area contributed by atoms with Crippen LogP contribution in [0.3, 0.4) is 0 Å². The van der Waals surface area contributed by atoms with Gasteiger partial charge in [0.2, 0.25) is 5.91 Å². The molecule has 2 heterocycles. The van der Waals surface area contributed by atoms with Gasteiger partial charge < -0.3 is 19.9 Å². The number of piperidine rings is 1. The molecule has 1 aliphatic heterocycles. The van der Waals surface area contributed by atoms with Crippen molar-refractivity contribution in [1.82, 2.24) is 20.2 Å². The minimum absolute atomic E-state index is 0. The van der Waals surface area contributed by atoms with E-state index in [1.165, 1.54) is 0 Å². The lowest BCUT2D eigenvalue weighted by atomic mass is 9.78. The summed E-state index contributed by atoms with van der Waals surface area (Å²) in [5.41, 5.74) is -0.366. The molecule has 0 unspecified atom stereocenters. The first kappa shape index (κ1) is 20.2. The van der Waals surface area contributed by atoms with E-state index in [2.05, 4.69) is 15.6 Å². The highest BCUT2D eigenvalue weighted by Gasteiger charge is 2.39. The van der Waals surface area contributed by atoms with Crippen molar-refractivity contribution >= 4 is 30.7 Å². The lowest BCUT2D eigenvalue weighted by molar-refractivity contribution is -0.136. The lowest BCUT2D eigenvalue weighted by Crippen LogP contribution is -2.50. The van der Waals surface area contributed by atoms with Crippen molar-refractivity contribution in [3.05, 3.63) is 18.7 Å². The second-order valence-electron chi connectivity index (χ2n) is 5.02. The van der Waals surface area contributed by atoms with E-state index in [9.17, 15) is 4.79 Å². The van der Waals surface area contributed by atoms with Crippen LogP contribution < -0.4 is 10.6 Å². The summed E-state index contributed by atoms with van der Waals surface area (Å²) in [5, 5.41) is 6.30. The molecule has 0 saturated carbocycles. The highest BCUT2D eigenvalue weighted by atomic mass is 35.5. The molecule has 6 nitrogen and oxygen atoms in total. The number of halogens is 2. The number of amides is 1. The molecule has 8 heteroatoms. The Morgan fingerprint density at radius 2 is 2.14 bits per heavy atom. The van der Waals surface area contributed by atoms with Crippen molar-refractivity contribution in [2.24, 2.45) is 5.41 Å². The van der Waals surface area contributed by atoms with E-state index in [0.717, 1.165) is 32.5 Å². The molecule has 0 atom stereocenters. The molecule has 1 aromatic rings. The molecule has 122 valence electrons. The first-order valence-corrected chi connectivity index (χ1v) is 6.70. The van der Waals surface area contributed by atoms with Crippen LogP contribution in [-0.4, -0.2) is 48.8 Å². The van der Waals surface area contributed by atoms with Gasteiger partial charge in [0.1, 0.15) is 0 Å². The van der Waals surface area contributed by atoms with Crippen LogP contribution >= 0.6 is 24.8 Å². The Morgan fingerprint density at radius 3 is 2.71 bits per heavy atom. The number of rotatable bonds is 6. The van der Waals surface area contributed by atoms with Gasteiger partial charge in [-0.25, -0.2) is 4.98 Å². The maximum atomic E-state index is 12.4. The number of nitrogens with zero attached hydrogens (tertiary/aromatic N) is 2. The third-order valence-electron chi connectivity index (χ3n) is 3.68. The fraction of sp³-hybridized carbons (Fsp3) is 0.692. The Balaban J connectivity index is 0.00000200. The summed E-state index contributed by atoms with van der Waals surface area (Å²) in [5.74, 6) is 0.107. The fourth-order valence-corrected chi connectivity index (χ4v) is 2.52. The second kappa shape index (κ2) is 10.00. The van der Waals surface area contributed by atoms with Crippen molar-refractivity contribution in [3.8, 4) is 0 Å². The Bertz CT molecular complexity index is 389. The third-order valence-corrected chi connectivity index (χ3v) is 3.68. The Morgan fingerprint density at radius 1 is 1.43 bits per heavy atom. The Labute approximate surface area is 137 Å². The number of nitrogens with one attached hydrogen (secondary N) is 2. The summed E-state index contributed by atoms with van der Waals surface area (Å²) in [6, 6.07) is 0. The van der Waals surface area contributed by atoms with Crippen LogP contribution in [0, 0.1) is 5.41 Å². The van der Waals surface area contributed by atoms with E-state index < -0.39 is 0 Å². The van der Waals surface area contributed by atoms with Crippen LogP contribution in [0.1, 0.15) is 12.8 Å². The molecule has 1 aromatic heterocycles. The largest absolute Gasteiger partial charge is 0.384 e. The highest BCUT2D eigenvalue weighted by molar-refractivity contribution is 5.85. The van der Waals surface area contributed by atoms with Gasteiger partial charge in [0.05, 0.1) is 18.3 Å². The van der Waals surface area contributed by atoms with Gasteiger partial charge >= 0.3 is 0 Å². The van der Waals surface area contributed by atoms with Crippen molar-refractivity contribution < 1.29 is 9.53 Å². The van der Waals surface area contributed by atoms with E-state index >= 15 is 0 Å². The van der Waals surface area contributed by atoms with Crippen LogP contribution in [0.15, 0.2) is 18.7 Å². The molecule has 0 aliphatic carbocycles. The molecular formula is C13H24Cl2N4O2. The number of hydrogen-bond donors (Lipinski definition) is 2. The van der Waals surface area contributed by atoms with E-state index in [1.54, 1.807) is 19.6 Å². The zero-order valence-corrected chi connectivity index (χ0v) is 13.8. The summed E-state index contributed by atoms with van der Waals surface area (Å²) < 4.78 is 7.20. The standard InChI is InChI=1S/C13H22N4O2.2ClH/c1-19-10-13(2-4-14-5-3-13)12(18)16-7-9-17-8-6-15-11-17;;/h6,8,11,14H,2-5,7,9-10H2,1H3,(H,16,18);2*1H. The molecule has 2 rings (SSSR count). The summed E-state index contributed by atoms with van der Waals surface area (Å²) in [6.07, 6.45) is 7.04. The average molecular weight is 339 g/mol. The second-order valence-corrected chi connectivity index (χ2v) is 5.02. The van der Waals surface area contributed by atoms with Gasteiger partial charge in [-0.2, -0.15) is 0 Å². The van der Waals surface area contributed by atoms with E-state index in [4.69, 9.17) is 4.74 Å². The van der Waals surface area contributed by atoms with Gasteiger partial charge in [-0.1, -0.05) is 0 Å². The first-order chi connectivity index (χ1) is 9.27. The minimum atomic E-state index is -0.366. The molecule has 1 saturated heterocycles. The predicted octanol–water partition coefficient (Wildman–Crippen LogP) is 0.859. The van der Waals surface area contributed by atoms with Gasteiger partial charge in [-0.3, -0.25) is 4.79 Å². The van der Waals surface area contributed by atoms with Crippen LogP contribution in [0.25, 0.3) is 0 Å². The third kappa shape index (κ3) is 5.47. The summed E-state index contributed by atoms with van der Waals surface area (Å²) in [4.78, 5) is 16.4. The van der Waals surface area contributed by atoms with Crippen LogP contribution in [-0.2, 0) is 16.1 Å². The summed E-state index contributed by atoms with van der Waals surface area (Å²) in [7, 11) is 1.66. The minimum Gasteiger partial charge on any atom is -0.384 e. The number of aromatic nitrogens is 2. The maximum Gasteiger partial charge on any atom is 0.228 e. The molecule has 0 aromatic carbocycles. The van der Waals surface area contributed by atoms with Crippen LogP contribution in [0.4, 0.5) is 0 Å². The highest BCUT2D eigenvalue weighted by Crippen LogP contribution is 2.29. The van der Waals surface area contributed by atoms with Gasteiger partial charge in [0.15, 0.2) is 0 Å². The Hall–Kier alpha value is -0.820. The zero-order chi connectivity index (χ0) is 13.6. The Kier molecular flexibility index (Phi) is 9.61. The number of imidazole rings is 1. The van der Waals surface area contributed by atoms with Crippen LogP contribution in [0.2, 0.25) is 0 Å². The molecular weight excluding hydrogens is 315 g/mol. The average Bonchev–Trinajstić information content (AvgIpc) is 2.93. The van der Waals surface area contributed by atoms with Gasteiger partial charge in [-0.15, -0.1) is 24.8 Å². The molecule has 1 fully saturated rings. The normalized spacial score (nSPS) is 16.4. The van der Waals surface area contributed by atoms with Crippen molar-refractivity contribution in [1.29, 1.82) is 0 Å². The number of hydrogen-bond acceptors (Lipinski definition) is 4. The number of carbonyl (C=O) groups excluding carboxylic acids is 1. The van der Waals surface area contributed by atoms with Crippen molar-refractivity contribution in [3.63, 3.8) is 0 Å². The molecule has 0 radical (unpaired) electrons. The van der Waals surface area contributed by atoms with Crippen molar-refractivity contribution in [2.45, 2.75) is 19.4 Å². The number of carbonyl (C=O) groups is 1. The molecule has 0 spiro atoms. The van der Waals surface area contributed by atoms with Gasteiger partial charge in [0, 0.05) is 32.6 Å². The first-order valence-electron chi connectivity index (χ1n) is 6.70. The van der Waals surface area contributed by atoms with Crippen LogP contribution in [0.5, 0.6) is 0 Å². The van der Waals surface area contributed by atoms with Gasteiger partial charge in [-0.05, 0) is 25.9 Å². The summed E-state index contributed by atoms with van der Waals surface area (Å²) >= 11 is 0.